The number of aromatic nitrogens is 1. The Labute approximate surface area is 153 Å². The lowest BCUT2D eigenvalue weighted by molar-refractivity contribution is -0.130. The fourth-order valence-corrected chi connectivity index (χ4v) is 2.62. The molecule has 0 fully saturated rings. The summed E-state index contributed by atoms with van der Waals surface area (Å²) in [5.41, 5.74) is 0.913. The van der Waals surface area contributed by atoms with Crippen LogP contribution in [0.15, 0.2) is 34.9 Å². The third-order valence-electron chi connectivity index (χ3n) is 3.92. The van der Waals surface area contributed by atoms with Crippen LogP contribution < -0.4 is 15.0 Å². The molecule has 3 rings (SSSR count). The molecule has 0 unspecified atom stereocenters. The van der Waals surface area contributed by atoms with Gasteiger partial charge in [-0.25, -0.2) is 0 Å². The Morgan fingerprint density at radius 2 is 2.15 bits per heavy atom. The van der Waals surface area contributed by atoms with Crippen molar-refractivity contribution in [1.82, 2.24) is 10.5 Å². The molecular formula is C17H18F3N3O4. The normalized spacial score (nSPS) is 17.4. The molecular weight excluding hydrogens is 367 g/mol. The second-order valence-corrected chi connectivity index (χ2v) is 6.00. The summed E-state index contributed by atoms with van der Waals surface area (Å²) >= 11 is 0. The zero-order chi connectivity index (χ0) is 19.4. The number of benzene rings is 1. The zero-order valence-corrected chi connectivity index (χ0v) is 14.5. The van der Waals surface area contributed by atoms with Gasteiger partial charge in [0.15, 0.2) is 0 Å². The molecule has 27 heavy (non-hydrogen) atoms. The summed E-state index contributed by atoms with van der Waals surface area (Å²) in [6, 6.07) is 7.77. The van der Waals surface area contributed by atoms with Gasteiger partial charge in [-0.2, -0.15) is 13.2 Å². The van der Waals surface area contributed by atoms with Gasteiger partial charge in [-0.05, 0) is 12.1 Å². The number of hydrogen-bond donors (Lipinski definition) is 1. The van der Waals surface area contributed by atoms with Crippen LogP contribution in [0, 0.1) is 0 Å². The number of likely N-dealkylation sites (N-methyl/N-ethyl adjacent to an activating group) is 1. The second kappa shape index (κ2) is 7.97. The summed E-state index contributed by atoms with van der Waals surface area (Å²) in [5, 5.41) is 6.44. The molecule has 146 valence electrons. The van der Waals surface area contributed by atoms with E-state index in [1.807, 2.05) is 12.1 Å². The van der Waals surface area contributed by atoms with Crippen LogP contribution in [0.1, 0.15) is 11.5 Å². The van der Waals surface area contributed by atoms with Gasteiger partial charge in [0.25, 0.3) is 0 Å². The largest absolute Gasteiger partial charge is 0.489 e. The van der Waals surface area contributed by atoms with E-state index in [0.29, 0.717) is 11.4 Å². The van der Waals surface area contributed by atoms with Crippen molar-refractivity contribution in [1.29, 1.82) is 0 Å². The minimum absolute atomic E-state index is 0.00852. The van der Waals surface area contributed by atoms with Gasteiger partial charge < -0.3 is 18.9 Å². The van der Waals surface area contributed by atoms with Gasteiger partial charge in [0.1, 0.15) is 36.3 Å². The molecule has 0 saturated carbocycles. The van der Waals surface area contributed by atoms with Crippen LogP contribution in [-0.2, 0) is 22.6 Å². The number of ether oxygens (including phenoxy) is 2. The Kier molecular flexibility index (Phi) is 5.66. The second-order valence-electron chi connectivity index (χ2n) is 6.00. The molecule has 10 heteroatoms. The van der Waals surface area contributed by atoms with Crippen LogP contribution in [0.5, 0.6) is 5.75 Å². The molecule has 1 aliphatic rings. The molecule has 1 atom stereocenters. The van der Waals surface area contributed by atoms with Gasteiger partial charge in [0.2, 0.25) is 5.91 Å². The van der Waals surface area contributed by atoms with E-state index in [2.05, 4.69) is 15.0 Å². The average molecular weight is 385 g/mol. The fourth-order valence-electron chi connectivity index (χ4n) is 2.62. The van der Waals surface area contributed by atoms with Crippen LogP contribution >= 0.6 is 0 Å². The number of fused-ring (bicyclic) bond motifs is 1. The first kappa shape index (κ1) is 19.2. The number of alkyl halides is 3. The van der Waals surface area contributed by atoms with Gasteiger partial charge in [0.05, 0.1) is 19.0 Å². The number of amides is 1. The predicted molar refractivity (Wildman–Crippen MR) is 88.2 cm³/mol. The van der Waals surface area contributed by atoms with Crippen LogP contribution in [0.25, 0.3) is 0 Å². The molecule has 1 aromatic carbocycles. The topological polar surface area (TPSA) is 76.8 Å². The van der Waals surface area contributed by atoms with E-state index in [0.717, 1.165) is 0 Å². The molecule has 0 spiro atoms. The van der Waals surface area contributed by atoms with Crippen LogP contribution in [-0.4, -0.2) is 43.7 Å². The van der Waals surface area contributed by atoms with Crippen LogP contribution in [0.4, 0.5) is 18.9 Å². The Balaban J connectivity index is 1.48. The average Bonchev–Trinajstić information content (AvgIpc) is 3.00. The third-order valence-corrected chi connectivity index (χ3v) is 3.92. The lowest BCUT2D eigenvalue weighted by Gasteiger charge is -2.20. The van der Waals surface area contributed by atoms with Gasteiger partial charge >= 0.3 is 6.18 Å². The van der Waals surface area contributed by atoms with Crippen molar-refractivity contribution in [2.24, 2.45) is 0 Å². The fraction of sp³-hybridized carbons (Fsp3) is 0.412. The monoisotopic (exact) mass is 385 g/mol. The number of anilines is 1. The van der Waals surface area contributed by atoms with E-state index in [1.54, 1.807) is 19.2 Å². The molecule has 2 aromatic rings. The molecule has 1 N–H and O–H groups in total. The van der Waals surface area contributed by atoms with Crippen molar-refractivity contribution < 1.29 is 32.0 Å². The van der Waals surface area contributed by atoms with Crippen molar-refractivity contribution in [3.05, 3.63) is 41.8 Å². The molecule has 7 nitrogen and oxygen atoms in total. The summed E-state index contributed by atoms with van der Waals surface area (Å²) in [5.74, 6) is 0.150. The van der Waals surface area contributed by atoms with Gasteiger partial charge in [0, 0.05) is 13.1 Å². The molecule has 1 aliphatic heterocycles. The summed E-state index contributed by atoms with van der Waals surface area (Å²) in [4.78, 5) is 14.0. The van der Waals surface area contributed by atoms with Crippen molar-refractivity contribution in [2.75, 3.05) is 25.3 Å². The van der Waals surface area contributed by atoms with E-state index in [1.165, 1.54) is 11.0 Å². The van der Waals surface area contributed by atoms with E-state index < -0.39 is 18.6 Å². The Hall–Kier alpha value is -2.59. The Morgan fingerprint density at radius 3 is 2.93 bits per heavy atom. The number of carbonyl (C=O) groups is 1. The highest BCUT2D eigenvalue weighted by molar-refractivity contribution is 5.98. The van der Waals surface area contributed by atoms with Gasteiger partial charge in [-0.3, -0.25) is 10.1 Å². The maximum absolute atomic E-state index is 12.5. The third kappa shape index (κ3) is 4.98. The maximum atomic E-state index is 12.5. The summed E-state index contributed by atoms with van der Waals surface area (Å²) in [7, 11) is 1.66. The lowest BCUT2D eigenvalue weighted by atomic mass is 10.2. The maximum Gasteiger partial charge on any atom is 0.396 e. The van der Waals surface area contributed by atoms with E-state index in [9.17, 15) is 18.0 Å². The smallest absolute Gasteiger partial charge is 0.396 e. The number of rotatable bonds is 6. The van der Waals surface area contributed by atoms with Crippen LogP contribution in [0.3, 0.4) is 0 Å². The molecule has 0 aliphatic carbocycles. The first-order valence-corrected chi connectivity index (χ1v) is 8.15. The molecule has 0 radical (unpaired) electrons. The van der Waals surface area contributed by atoms with E-state index in [4.69, 9.17) is 9.47 Å². The van der Waals surface area contributed by atoms with Gasteiger partial charge in [-0.1, -0.05) is 17.3 Å². The van der Waals surface area contributed by atoms with Crippen LogP contribution in [0.2, 0.25) is 0 Å². The standard InChI is InChI=1S/C17H18F3N3O4/c1-23-14-4-2-3-5-15(14)26-9-13(16(23)24)21-10-25-8-11-6-12(27-22-11)7-17(18,19)20/h2-6,13,21H,7-10H2,1H3/t13-/m0/s1. The SMILES string of the molecule is CN1C(=O)[C@@H](NCOCc2cc(CC(F)(F)F)on2)COc2ccccc21. The van der Waals surface area contributed by atoms with Crippen molar-refractivity contribution in [3.8, 4) is 5.75 Å². The first-order valence-electron chi connectivity index (χ1n) is 8.15. The number of para-hydroxylation sites is 2. The predicted octanol–water partition coefficient (Wildman–Crippen LogP) is 2.27. The Bertz CT molecular complexity index is 794. The minimum atomic E-state index is -4.36. The molecule has 0 bridgehead atoms. The number of nitrogens with zero attached hydrogens (tertiary/aromatic N) is 2. The molecule has 2 heterocycles. The molecule has 1 aromatic heterocycles. The highest BCUT2D eigenvalue weighted by Crippen LogP contribution is 2.29. The van der Waals surface area contributed by atoms with Crippen molar-refractivity contribution in [3.63, 3.8) is 0 Å². The Morgan fingerprint density at radius 1 is 1.37 bits per heavy atom. The summed E-state index contributed by atoms with van der Waals surface area (Å²) in [6.45, 7) is 0.0703. The summed E-state index contributed by atoms with van der Waals surface area (Å²) in [6.07, 6.45) is -5.54. The highest BCUT2D eigenvalue weighted by atomic mass is 19.4. The molecule has 0 saturated heterocycles. The quantitative estimate of drug-likeness (QED) is 0.607. The number of nitrogens with one attached hydrogen (secondary N) is 1. The zero-order valence-electron chi connectivity index (χ0n) is 14.5. The number of halogens is 3. The number of hydrogen-bond acceptors (Lipinski definition) is 6. The van der Waals surface area contributed by atoms with E-state index in [-0.39, 0.29) is 37.3 Å². The first-order chi connectivity index (χ1) is 12.8. The summed E-state index contributed by atoms with van der Waals surface area (Å²) < 4.78 is 52.5. The molecule has 1 amide bonds. The van der Waals surface area contributed by atoms with Crippen molar-refractivity contribution in [2.45, 2.75) is 25.2 Å². The van der Waals surface area contributed by atoms with Gasteiger partial charge in [-0.15, -0.1) is 0 Å². The number of carbonyl (C=O) groups excluding carboxylic acids is 1. The minimum Gasteiger partial charge on any atom is -0.489 e. The van der Waals surface area contributed by atoms with E-state index >= 15 is 0 Å². The lowest BCUT2D eigenvalue weighted by Crippen LogP contribution is -2.47. The highest BCUT2D eigenvalue weighted by Gasteiger charge is 2.30. The van der Waals surface area contributed by atoms with Crippen molar-refractivity contribution >= 4 is 11.6 Å².